The van der Waals surface area contributed by atoms with Gasteiger partial charge in [0.15, 0.2) is 0 Å². The Kier molecular flexibility index (Phi) is 8.27. The average Bonchev–Trinajstić information content (AvgIpc) is 2.16. The first-order valence-electron chi connectivity index (χ1n) is 4.40. The van der Waals surface area contributed by atoms with E-state index >= 15 is 0 Å². The third kappa shape index (κ3) is 4.92. The molecule has 0 aromatic heterocycles. The summed E-state index contributed by atoms with van der Waals surface area (Å²) in [4.78, 5) is 22.4. The van der Waals surface area contributed by atoms with Gasteiger partial charge in [-0.3, -0.25) is 14.1 Å². The van der Waals surface area contributed by atoms with Gasteiger partial charge in [-0.05, 0) is 13.8 Å². The molecule has 0 heterocycles. The van der Waals surface area contributed by atoms with E-state index in [1.165, 1.54) is 6.92 Å². The van der Waals surface area contributed by atoms with E-state index < -0.39 is 33.2 Å². The Balaban J connectivity index is 0. The molecule has 96 valence electrons. The molecule has 1 N–H and O–H groups in total. The predicted molar refractivity (Wildman–Crippen MR) is 60.4 cm³/mol. The van der Waals surface area contributed by atoms with Gasteiger partial charge >= 0.3 is 41.5 Å². The zero-order chi connectivity index (χ0) is 13.0. The second-order valence-electron chi connectivity index (χ2n) is 3.18. The van der Waals surface area contributed by atoms with E-state index in [-0.39, 0.29) is 36.2 Å². The molecule has 0 bridgehead atoms. The first-order chi connectivity index (χ1) is 7.19. The van der Waals surface area contributed by atoms with Gasteiger partial charge in [0.1, 0.15) is 0 Å². The van der Waals surface area contributed by atoms with E-state index in [1.54, 1.807) is 0 Å². The number of carbonyl (C=O) groups is 2. The summed E-state index contributed by atoms with van der Waals surface area (Å²) in [7, 11) is -3.73. The molecule has 0 radical (unpaired) electrons. The molecule has 0 aliphatic heterocycles. The fourth-order valence-electron chi connectivity index (χ4n) is 0.900. The van der Waals surface area contributed by atoms with Crippen molar-refractivity contribution in [3.8, 4) is 0 Å². The zero-order valence-electron chi connectivity index (χ0n) is 9.22. The average molecular weight is 278 g/mol. The van der Waals surface area contributed by atoms with E-state index in [0.717, 1.165) is 14.0 Å². The number of rotatable bonds is 5. The van der Waals surface area contributed by atoms with Gasteiger partial charge in [0.05, 0.1) is 20.1 Å². The fourth-order valence-corrected chi connectivity index (χ4v) is 1.47. The summed E-state index contributed by atoms with van der Waals surface area (Å²) in [6.45, 7) is 2.31. The maximum atomic E-state index is 11.4. The standard InChI is InChI=1S/C8H14O7S.Na.H/c1-4-15-7(10)8(2,16(11,12)13)5-6(9)14-3;;/h4-5H2,1-3H3,(H,11,12,13);;. The maximum absolute atomic E-state index is 11.4. The van der Waals surface area contributed by atoms with Crippen molar-refractivity contribution in [2.45, 2.75) is 25.0 Å². The van der Waals surface area contributed by atoms with Gasteiger partial charge in [0, 0.05) is 0 Å². The van der Waals surface area contributed by atoms with Crippen molar-refractivity contribution >= 4 is 51.6 Å². The second kappa shape index (κ2) is 7.32. The third-order valence-electron chi connectivity index (χ3n) is 1.99. The summed E-state index contributed by atoms with van der Waals surface area (Å²) >= 11 is 0. The first-order valence-corrected chi connectivity index (χ1v) is 5.84. The molecule has 0 saturated carbocycles. The second-order valence-corrected chi connectivity index (χ2v) is 5.03. The van der Waals surface area contributed by atoms with Crippen molar-refractivity contribution < 1.29 is 32.0 Å². The van der Waals surface area contributed by atoms with Crippen LogP contribution in [0.3, 0.4) is 0 Å². The van der Waals surface area contributed by atoms with Crippen molar-refractivity contribution in [2.75, 3.05) is 13.7 Å². The molecule has 0 aromatic rings. The van der Waals surface area contributed by atoms with Gasteiger partial charge in [0.2, 0.25) is 4.75 Å². The molecule has 0 aliphatic rings. The van der Waals surface area contributed by atoms with Crippen LogP contribution >= 0.6 is 0 Å². The number of hydrogen-bond donors (Lipinski definition) is 1. The van der Waals surface area contributed by atoms with Crippen LogP contribution in [0, 0.1) is 0 Å². The van der Waals surface area contributed by atoms with Crippen LogP contribution in [0.25, 0.3) is 0 Å². The fraction of sp³-hybridized carbons (Fsp3) is 0.750. The molecule has 9 heteroatoms. The van der Waals surface area contributed by atoms with Crippen LogP contribution in [0.2, 0.25) is 0 Å². The molecule has 0 fully saturated rings. The van der Waals surface area contributed by atoms with Gasteiger partial charge in [-0.15, -0.1) is 0 Å². The molecule has 1 atom stereocenters. The monoisotopic (exact) mass is 278 g/mol. The van der Waals surface area contributed by atoms with Gasteiger partial charge in [-0.1, -0.05) is 0 Å². The zero-order valence-corrected chi connectivity index (χ0v) is 10.0. The molecule has 0 amide bonds. The topological polar surface area (TPSA) is 107 Å². The van der Waals surface area contributed by atoms with Crippen LogP contribution in [0.15, 0.2) is 0 Å². The Morgan fingerprint density at radius 3 is 2.12 bits per heavy atom. The molecule has 0 rings (SSSR count). The summed E-state index contributed by atoms with van der Waals surface area (Å²) in [6, 6.07) is 0. The Morgan fingerprint density at radius 2 is 1.82 bits per heavy atom. The van der Waals surface area contributed by atoms with Crippen LogP contribution in [0.4, 0.5) is 0 Å². The van der Waals surface area contributed by atoms with Crippen LogP contribution in [0.1, 0.15) is 20.3 Å². The molecule has 7 nitrogen and oxygen atoms in total. The Hall–Kier alpha value is -0.150. The molecule has 0 spiro atoms. The van der Waals surface area contributed by atoms with Gasteiger partial charge in [-0.25, -0.2) is 0 Å². The van der Waals surface area contributed by atoms with E-state index in [2.05, 4.69) is 9.47 Å². The minimum atomic E-state index is -4.77. The number of esters is 2. The van der Waals surface area contributed by atoms with E-state index in [1.807, 2.05) is 0 Å². The molecule has 0 aliphatic carbocycles. The SMILES string of the molecule is CCOC(=O)C(C)(CC(=O)OC)S(=O)(=O)O.[NaH]. The number of hydrogen-bond acceptors (Lipinski definition) is 6. The molecular formula is C8H15NaO7S. The predicted octanol–water partition coefficient (Wildman–Crippen LogP) is -0.889. The third-order valence-corrected chi connectivity index (χ3v) is 3.44. The Morgan fingerprint density at radius 1 is 1.35 bits per heavy atom. The first kappa shape index (κ1) is 19.2. The Bertz CT molecular complexity index is 377. The van der Waals surface area contributed by atoms with Crippen LogP contribution in [-0.4, -0.2) is 72.9 Å². The molecular weight excluding hydrogens is 263 g/mol. The minimum absolute atomic E-state index is 0. The van der Waals surface area contributed by atoms with Crippen molar-refractivity contribution in [2.24, 2.45) is 0 Å². The van der Waals surface area contributed by atoms with Gasteiger partial charge < -0.3 is 9.47 Å². The van der Waals surface area contributed by atoms with Gasteiger partial charge in [0.25, 0.3) is 10.1 Å². The number of carbonyl (C=O) groups excluding carboxylic acids is 2. The van der Waals surface area contributed by atoms with Crippen molar-refractivity contribution in [3.05, 3.63) is 0 Å². The van der Waals surface area contributed by atoms with Crippen LogP contribution in [-0.2, 0) is 29.2 Å². The molecule has 17 heavy (non-hydrogen) atoms. The number of methoxy groups -OCH3 is 1. The molecule has 0 saturated heterocycles. The van der Waals surface area contributed by atoms with E-state index in [4.69, 9.17) is 4.55 Å². The van der Waals surface area contributed by atoms with Crippen molar-refractivity contribution in [1.29, 1.82) is 0 Å². The van der Waals surface area contributed by atoms with Crippen molar-refractivity contribution in [3.63, 3.8) is 0 Å². The summed E-state index contributed by atoms with van der Waals surface area (Å²) < 4.78 is 37.5. The van der Waals surface area contributed by atoms with Gasteiger partial charge in [-0.2, -0.15) is 8.42 Å². The Labute approximate surface area is 122 Å². The van der Waals surface area contributed by atoms with Crippen molar-refractivity contribution in [1.82, 2.24) is 0 Å². The summed E-state index contributed by atoms with van der Waals surface area (Å²) in [5.74, 6) is -2.13. The van der Waals surface area contributed by atoms with Crippen LogP contribution in [0.5, 0.6) is 0 Å². The summed E-state index contributed by atoms with van der Waals surface area (Å²) in [5.41, 5.74) is 0. The number of ether oxygens (including phenoxy) is 2. The summed E-state index contributed by atoms with van der Waals surface area (Å²) in [5, 5.41) is 0. The van der Waals surface area contributed by atoms with Crippen LogP contribution < -0.4 is 0 Å². The quantitative estimate of drug-likeness (QED) is 0.395. The van der Waals surface area contributed by atoms with E-state index in [9.17, 15) is 18.0 Å². The molecule has 1 unspecified atom stereocenters. The molecule has 0 aromatic carbocycles. The summed E-state index contributed by atoms with van der Waals surface area (Å²) in [6.07, 6.45) is -0.804. The normalized spacial score (nSPS) is 14.1. The van der Waals surface area contributed by atoms with E-state index in [0.29, 0.717) is 0 Å².